The number of benzene rings is 1. The van der Waals surface area contributed by atoms with Crippen LogP contribution < -0.4 is 5.32 Å². The van der Waals surface area contributed by atoms with Crippen molar-refractivity contribution in [1.82, 2.24) is 9.88 Å². The Labute approximate surface area is 109 Å². The molecule has 5 nitrogen and oxygen atoms in total. The Morgan fingerprint density at radius 1 is 1.42 bits per heavy atom. The lowest BCUT2D eigenvalue weighted by atomic mass is 10.2. The standard InChI is InChI=1S/C13H14FN3O2/c1-15-8-12-3-2-4-16(12)9-10-5-11(14)7-13(6-10)17(18)19/h2-7,15H,8-9H2,1H3. The summed E-state index contributed by atoms with van der Waals surface area (Å²) in [5, 5.41) is 13.7. The van der Waals surface area contributed by atoms with Gasteiger partial charge in [-0.3, -0.25) is 10.1 Å². The van der Waals surface area contributed by atoms with Crippen LogP contribution in [-0.2, 0) is 13.1 Å². The van der Waals surface area contributed by atoms with Crippen LogP contribution in [0.5, 0.6) is 0 Å². The topological polar surface area (TPSA) is 60.1 Å². The lowest BCUT2D eigenvalue weighted by Gasteiger charge is -2.09. The molecule has 0 saturated heterocycles. The fourth-order valence-electron chi connectivity index (χ4n) is 1.97. The maximum absolute atomic E-state index is 13.3. The third kappa shape index (κ3) is 3.17. The smallest absolute Gasteiger partial charge is 0.272 e. The fourth-order valence-corrected chi connectivity index (χ4v) is 1.97. The van der Waals surface area contributed by atoms with Crippen LogP contribution in [0, 0.1) is 15.9 Å². The van der Waals surface area contributed by atoms with Crippen LogP contribution in [-0.4, -0.2) is 16.5 Å². The molecule has 0 amide bonds. The first-order chi connectivity index (χ1) is 9.10. The molecule has 0 fully saturated rings. The molecule has 19 heavy (non-hydrogen) atoms. The van der Waals surface area contributed by atoms with E-state index in [1.165, 1.54) is 12.1 Å². The van der Waals surface area contributed by atoms with Crippen LogP contribution in [0.3, 0.4) is 0 Å². The van der Waals surface area contributed by atoms with E-state index >= 15 is 0 Å². The highest BCUT2D eigenvalue weighted by Gasteiger charge is 2.10. The quantitative estimate of drug-likeness (QED) is 0.665. The molecule has 1 heterocycles. The monoisotopic (exact) mass is 263 g/mol. The molecule has 2 aromatic rings. The van der Waals surface area contributed by atoms with Gasteiger partial charge in [0, 0.05) is 31.0 Å². The molecule has 0 atom stereocenters. The van der Waals surface area contributed by atoms with Crippen LogP contribution in [0.1, 0.15) is 11.3 Å². The Bertz CT molecular complexity index is 595. The van der Waals surface area contributed by atoms with E-state index in [2.05, 4.69) is 5.32 Å². The number of nitrogens with zero attached hydrogens (tertiary/aromatic N) is 2. The molecule has 2 rings (SSSR count). The highest BCUT2D eigenvalue weighted by Crippen LogP contribution is 2.18. The Morgan fingerprint density at radius 2 is 2.21 bits per heavy atom. The molecule has 0 aliphatic heterocycles. The molecule has 0 aliphatic carbocycles. The summed E-state index contributed by atoms with van der Waals surface area (Å²) in [5.41, 5.74) is 1.38. The van der Waals surface area contributed by atoms with Crippen molar-refractivity contribution in [3.05, 3.63) is 63.7 Å². The summed E-state index contributed by atoms with van der Waals surface area (Å²) in [5.74, 6) is -0.591. The molecule has 6 heteroatoms. The van der Waals surface area contributed by atoms with Crippen molar-refractivity contribution in [2.24, 2.45) is 0 Å². The van der Waals surface area contributed by atoms with Gasteiger partial charge in [0.1, 0.15) is 5.82 Å². The minimum atomic E-state index is -0.591. The number of non-ortho nitro benzene ring substituents is 1. The number of nitro groups is 1. The van der Waals surface area contributed by atoms with Gasteiger partial charge in [0.25, 0.3) is 5.69 Å². The number of rotatable bonds is 5. The van der Waals surface area contributed by atoms with E-state index < -0.39 is 10.7 Å². The molecule has 0 aliphatic rings. The normalized spacial score (nSPS) is 10.6. The fraction of sp³-hybridized carbons (Fsp3) is 0.231. The Hall–Kier alpha value is -2.21. The van der Waals surface area contributed by atoms with Crippen molar-refractivity contribution in [3.63, 3.8) is 0 Å². The lowest BCUT2D eigenvalue weighted by molar-refractivity contribution is -0.385. The minimum Gasteiger partial charge on any atom is -0.346 e. The summed E-state index contributed by atoms with van der Waals surface area (Å²) >= 11 is 0. The zero-order chi connectivity index (χ0) is 13.8. The molecule has 100 valence electrons. The lowest BCUT2D eigenvalue weighted by Crippen LogP contribution is -2.11. The molecule has 0 spiro atoms. The second-order valence-corrected chi connectivity index (χ2v) is 4.23. The number of hydrogen-bond donors (Lipinski definition) is 1. The summed E-state index contributed by atoms with van der Waals surface area (Å²) in [6.07, 6.45) is 1.86. The van der Waals surface area contributed by atoms with Crippen molar-refractivity contribution >= 4 is 5.69 Å². The maximum atomic E-state index is 13.3. The first-order valence-electron chi connectivity index (χ1n) is 5.82. The molecule has 0 saturated carbocycles. The summed E-state index contributed by atoms with van der Waals surface area (Å²) in [6, 6.07) is 7.47. The average molecular weight is 263 g/mol. The number of hydrogen-bond acceptors (Lipinski definition) is 3. The molecule has 1 aromatic carbocycles. The van der Waals surface area contributed by atoms with Crippen LogP contribution in [0.4, 0.5) is 10.1 Å². The summed E-state index contributed by atoms with van der Waals surface area (Å²) in [4.78, 5) is 10.1. The Morgan fingerprint density at radius 3 is 2.89 bits per heavy atom. The van der Waals surface area contributed by atoms with Gasteiger partial charge in [0.05, 0.1) is 11.0 Å². The number of aromatic nitrogens is 1. The zero-order valence-electron chi connectivity index (χ0n) is 10.5. The first kappa shape index (κ1) is 13.2. The van der Waals surface area contributed by atoms with E-state index in [-0.39, 0.29) is 5.69 Å². The second kappa shape index (κ2) is 5.62. The molecule has 1 N–H and O–H groups in total. The highest BCUT2D eigenvalue weighted by molar-refractivity contribution is 5.35. The van der Waals surface area contributed by atoms with Gasteiger partial charge in [-0.15, -0.1) is 0 Å². The molecule has 0 bridgehead atoms. The van der Waals surface area contributed by atoms with Crippen molar-refractivity contribution < 1.29 is 9.31 Å². The highest BCUT2D eigenvalue weighted by atomic mass is 19.1. The van der Waals surface area contributed by atoms with Crippen LogP contribution in [0.15, 0.2) is 36.5 Å². The van der Waals surface area contributed by atoms with Gasteiger partial charge in [-0.05, 0) is 30.8 Å². The molecule has 1 aromatic heterocycles. The summed E-state index contributed by atoms with van der Waals surface area (Å²) in [6.45, 7) is 1.09. The van der Waals surface area contributed by atoms with Gasteiger partial charge in [-0.2, -0.15) is 0 Å². The summed E-state index contributed by atoms with van der Waals surface area (Å²) in [7, 11) is 1.84. The van der Waals surface area contributed by atoms with Gasteiger partial charge in [-0.1, -0.05) is 0 Å². The van der Waals surface area contributed by atoms with Gasteiger partial charge in [0.2, 0.25) is 0 Å². The minimum absolute atomic E-state index is 0.225. The molecule has 0 radical (unpaired) electrons. The van der Waals surface area contributed by atoms with E-state index in [0.717, 1.165) is 11.8 Å². The van der Waals surface area contributed by atoms with E-state index in [4.69, 9.17) is 0 Å². The number of nitrogens with one attached hydrogen (secondary N) is 1. The van der Waals surface area contributed by atoms with E-state index in [1.807, 2.05) is 29.9 Å². The van der Waals surface area contributed by atoms with Crippen molar-refractivity contribution in [1.29, 1.82) is 0 Å². The van der Waals surface area contributed by atoms with Gasteiger partial charge in [0.15, 0.2) is 0 Å². The molecule has 0 unspecified atom stereocenters. The zero-order valence-corrected chi connectivity index (χ0v) is 10.5. The maximum Gasteiger partial charge on any atom is 0.272 e. The summed E-state index contributed by atoms with van der Waals surface area (Å²) < 4.78 is 15.3. The van der Waals surface area contributed by atoms with Crippen LogP contribution >= 0.6 is 0 Å². The molecular formula is C13H14FN3O2. The van der Waals surface area contributed by atoms with E-state index in [1.54, 1.807) is 0 Å². The average Bonchev–Trinajstić information content (AvgIpc) is 2.76. The SMILES string of the molecule is CNCc1cccn1Cc1cc(F)cc([N+](=O)[O-])c1. The number of halogens is 1. The largest absolute Gasteiger partial charge is 0.346 e. The third-order valence-electron chi connectivity index (χ3n) is 2.79. The molecular weight excluding hydrogens is 249 g/mol. The van der Waals surface area contributed by atoms with Crippen LogP contribution in [0.2, 0.25) is 0 Å². The number of nitro benzene ring substituents is 1. The second-order valence-electron chi connectivity index (χ2n) is 4.23. The van der Waals surface area contributed by atoms with E-state index in [9.17, 15) is 14.5 Å². The van der Waals surface area contributed by atoms with Crippen molar-refractivity contribution in [2.75, 3.05) is 7.05 Å². The first-order valence-corrected chi connectivity index (χ1v) is 5.82. The van der Waals surface area contributed by atoms with Crippen molar-refractivity contribution in [3.8, 4) is 0 Å². The van der Waals surface area contributed by atoms with Crippen LogP contribution in [0.25, 0.3) is 0 Å². The predicted molar refractivity (Wildman–Crippen MR) is 69.4 cm³/mol. The van der Waals surface area contributed by atoms with Crippen molar-refractivity contribution in [2.45, 2.75) is 13.1 Å². The Balaban J connectivity index is 2.27. The third-order valence-corrected chi connectivity index (χ3v) is 2.79. The van der Waals surface area contributed by atoms with Gasteiger partial charge in [-0.25, -0.2) is 4.39 Å². The van der Waals surface area contributed by atoms with Gasteiger partial charge >= 0.3 is 0 Å². The van der Waals surface area contributed by atoms with E-state index in [0.29, 0.717) is 18.7 Å². The predicted octanol–water partition coefficient (Wildman–Crippen LogP) is 2.30. The Kier molecular flexibility index (Phi) is 3.91. The van der Waals surface area contributed by atoms with Gasteiger partial charge < -0.3 is 9.88 Å².